The van der Waals surface area contributed by atoms with E-state index in [1.165, 1.54) is 16.9 Å². The minimum atomic E-state index is 0.0452. The lowest BCUT2D eigenvalue weighted by Gasteiger charge is -2.01. The molecule has 1 amide bonds. The Morgan fingerprint density at radius 2 is 2.22 bits per heavy atom. The normalized spacial score (nSPS) is 13.3. The highest BCUT2D eigenvalue weighted by molar-refractivity contribution is 7.16. The SMILES string of the molecule is Cc1nc(-c2ccc(CNC(=O)c3cc4c(s3)CCC4)s2)cs1. The van der Waals surface area contributed by atoms with Crippen LogP contribution in [-0.4, -0.2) is 10.9 Å². The van der Waals surface area contributed by atoms with Crippen molar-refractivity contribution >= 4 is 39.9 Å². The van der Waals surface area contributed by atoms with Gasteiger partial charge in [-0.25, -0.2) is 4.98 Å². The zero-order valence-corrected chi connectivity index (χ0v) is 15.2. The number of amides is 1. The number of nitrogens with one attached hydrogen (secondary N) is 1. The largest absolute Gasteiger partial charge is 0.346 e. The van der Waals surface area contributed by atoms with Crippen molar-refractivity contribution in [2.45, 2.75) is 32.7 Å². The molecule has 3 heterocycles. The number of thiophene rings is 2. The first-order valence-electron chi connectivity index (χ1n) is 7.60. The van der Waals surface area contributed by atoms with Gasteiger partial charge in [-0.2, -0.15) is 0 Å². The fourth-order valence-corrected chi connectivity index (χ4v) is 5.55. The summed E-state index contributed by atoms with van der Waals surface area (Å²) in [5, 5.41) is 6.20. The number of thiazole rings is 1. The van der Waals surface area contributed by atoms with Crippen molar-refractivity contribution in [3.05, 3.63) is 48.8 Å². The Kier molecular flexibility index (Phi) is 4.05. The molecule has 6 heteroatoms. The van der Waals surface area contributed by atoms with Gasteiger partial charge in [0.05, 0.1) is 27.0 Å². The molecule has 0 aromatic carbocycles. The van der Waals surface area contributed by atoms with Gasteiger partial charge in [0.1, 0.15) is 0 Å². The predicted octanol–water partition coefficient (Wildman–Crippen LogP) is 4.66. The van der Waals surface area contributed by atoms with E-state index in [1.807, 2.05) is 6.92 Å². The zero-order valence-electron chi connectivity index (χ0n) is 12.7. The van der Waals surface area contributed by atoms with Crippen LogP contribution < -0.4 is 5.32 Å². The Hall–Kier alpha value is -1.50. The Morgan fingerprint density at radius 3 is 3.00 bits per heavy atom. The van der Waals surface area contributed by atoms with Crippen LogP contribution in [-0.2, 0) is 19.4 Å². The molecule has 0 spiro atoms. The van der Waals surface area contributed by atoms with Crippen molar-refractivity contribution in [3.63, 3.8) is 0 Å². The Labute approximate surface area is 147 Å². The van der Waals surface area contributed by atoms with Crippen LogP contribution in [0.1, 0.15) is 36.4 Å². The number of hydrogen-bond acceptors (Lipinski definition) is 5. The molecule has 0 aliphatic heterocycles. The summed E-state index contributed by atoms with van der Waals surface area (Å²) in [5.41, 5.74) is 2.40. The van der Waals surface area contributed by atoms with E-state index >= 15 is 0 Å². The lowest BCUT2D eigenvalue weighted by atomic mass is 10.2. The lowest BCUT2D eigenvalue weighted by Crippen LogP contribution is -2.21. The minimum absolute atomic E-state index is 0.0452. The molecule has 1 aliphatic rings. The van der Waals surface area contributed by atoms with E-state index in [0.29, 0.717) is 6.54 Å². The predicted molar refractivity (Wildman–Crippen MR) is 97.7 cm³/mol. The van der Waals surface area contributed by atoms with E-state index in [9.17, 15) is 4.79 Å². The molecular formula is C17H16N2OS3. The van der Waals surface area contributed by atoms with Gasteiger partial charge in [-0.15, -0.1) is 34.0 Å². The van der Waals surface area contributed by atoms with Crippen molar-refractivity contribution < 1.29 is 4.79 Å². The van der Waals surface area contributed by atoms with Crippen molar-refractivity contribution in [3.8, 4) is 10.6 Å². The first-order chi connectivity index (χ1) is 11.2. The Bertz CT molecular complexity index is 837. The van der Waals surface area contributed by atoms with Gasteiger partial charge >= 0.3 is 0 Å². The maximum Gasteiger partial charge on any atom is 0.261 e. The second-order valence-electron chi connectivity index (χ2n) is 5.61. The van der Waals surface area contributed by atoms with Gasteiger partial charge in [0.2, 0.25) is 0 Å². The molecule has 0 saturated carbocycles. The number of fused-ring (bicyclic) bond motifs is 1. The molecule has 0 atom stereocenters. The minimum Gasteiger partial charge on any atom is -0.346 e. The topological polar surface area (TPSA) is 42.0 Å². The van der Waals surface area contributed by atoms with Gasteiger partial charge in [-0.05, 0) is 49.9 Å². The Balaban J connectivity index is 1.40. The number of carbonyl (C=O) groups is 1. The summed E-state index contributed by atoms with van der Waals surface area (Å²) in [7, 11) is 0. The summed E-state index contributed by atoms with van der Waals surface area (Å²) in [4.78, 5) is 21.4. The number of carbonyl (C=O) groups excluding carboxylic acids is 1. The molecule has 1 N–H and O–H groups in total. The second-order valence-corrected chi connectivity index (χ2v) is 8.98. The average molecular weight is 361 g/mol. The Morgan fingerprint density at radius 1 is 1.30 bits per heavy atom. The van der Waals surface area contributed by atoms with Gasteiger partial charge in [0.15, 0.2) is 0 Å². The van der Waals surface area contributed by atoms with Crippen molar-refractivity contribution in [1.82, 2.24) is 10.3 Å². The van der Waals surface area contributed by atoms with Crippen LogP contribution in [0.15, 0.2) is 23.6 Å². The monoisotopic (exact) mass is 360 g/mol. The summed E-state index contributed by atoms with van der Waals surface area (Å²) in [5.74, 6) is 0.0452. The molecule has 3 aromatic rings. The summed E-state index contributed by atoms with van der Waals surface area (Å²) >= 11 is 5.01. The summed E-state index contributed by atoms with van der Waals surface area (Å²) < 4.78 is 0. The van der Waals surface area contributed by atoms with Crippen LogP contribution in [0.5, 0.6) is 0 Å². The smallest absolute Gasteiger partial charge is 0.261 e. The molecule has 4 rings (SSSR count). The van der Waals surface area contributed by atoms with Crippen LogP contribution in [0.2, 0.25) is 0 Å². The van der Waals surface area contributed by atoms with Crippen molar-refractivity contribution in [2.24, 2.45) is 0 Å². The molecule has 0 radical (unpaired) electrons. The first-order valence-corrected chi connectivity index (χ1v) is 10.1. The van der Waals surface area contributed by atoms with E-state index in [0.717, 1.165) is 38.2 Å². The third kappa shape index (κ3) is 3.11. The van der Waals surface area contributed by atoms with E-state index in [2.05, 4.69) is 33.9 Å². The maximum absolute atomic E-state index is 12.3. The first kappa shape index (κ1) is 15.1. The van der Waals surface area contributed by atoms with Crippen molar-refractivity contribution in [1.29, 1.82) is 0 Å². The van der Waals surface area contributed by atoms with Gasteiger partial charge in [-0.3, -0.25) is 4.79 Å². The number of nitrogens with zero attached hydrogens (tertiary/aromatic N) is 1. The van der Waals surface area contributed by atoms with Crippen LogP contribution in [0.3, 0.4) is 0 Å². The van der Waals surface area contributed by atoms with E-state index in [1.54, 1.807) is 34.0 Å². The van der Waals surface area contributed by atoms with Crippen LogP contribution in [0.4, 0.5) is 0 Å². The third-order valence-corrected chi connectivity index (χ3v) is 7.04. The van der Waals surface area contributed by atoms with Gasteiger partial charge < -0.3 is 5.32 Å². The lowest BCUT2D eigenvalue weighted by molar-refractivity contribution is 0.0955. The number of rotatable bonds is 4. The highest BCUT2D eigenvalue weighted by Crippen LogP contribution is 2.31. The zero-order chi connectivity index (χ0) is 15.8. The molecule has 0 fully saturated rings. The summed E-state index contributed by atoms with van der Waals surface area (Å²) in [6.45, 7) is 2.59. The maximum atomic E-state index is 12.3. The second kappa shape index (κ2) is 6.19. The van der Waals surface area contributed by atoms with Crippen LogP contribution in [0, 0.1) is 6.92 Å². The number of hydrogen-bond donors (Lipinski definition) is 1. The summed E-state index contributed by atoms with van der Waals surface area (Å²) in [6, 6.07) is 6.23. The standard InChI is InChI=1S/C17H16N2OS3/c1-10-19-13(9-21-10)15-6-5-12(22-15)8-18-17(20)16-7-11-3-2-4-14(11)23-16/h5-7,9H,2-4,8H2,1H3,(H,18,20). The number of aromatic nitrogens is 1. The third-order valence-electron chi connectivity index (χ3n) is 3.93. The van der Waals surface area contributed by atoms with Gasteiger partial charge in [0.25, 0.3) is 5.91 Å². The average Bonchev–Trinajstić information content (AvgIpc) is 3.27. The molecule has 3 aromatic heterocycles. The van der Waals surface area contributed by atoms with Crippen LogP contribution in [0.25, 0.3) is 10.6 Å². The number of aryl methyl sites for hydroxylation is 3. The molecule has 118 valence electrons. The fourth-order valence-electron chi connectivity index (χ4n) is 2.78. The van der Waals surface area contributed by atoms with Crippen molar-refractivity contribution in [2.75, 3.05) is 0 Å². The molecule has 1 aliphatic carbocycles. The highest BCUT2D eigenvalue weighted by Gasteiger charge is 2.18. The highest BCUT2D eigenvalue weighted by atomic mass is 32.1. The fraction of sp³-hybridized carbons (Fsp3) is 0.294. The molecule has 3 nitrogen and oxygen atoms in total. The van der Waals surface area contributed by atoms with E-state index in [4.69, 9.17) is 0 Å². The van der Waals surface area contributed by atoms with Crippen LogP contribution >= 0.6 is 34.0 Å². The van der Waals surface area contributed by atoms with E-state index < -0.39 is 0 Å². The summed E-state index contributed by atoms with van der Waals surface area (Å²) in [6.07, 6.45) is 3.49. The van der Waals surface area contributed by atoms with Gasteiger partial charge in [0, 0.05) is 15.1 Å². The van der Waals surface area contributed by atoms with E-state index in [-0.39, 0.29) is 5.91 Å². The molecule has 0 saturated heterocycles. The quantitative estimate of drug-likeness (QED) is 0.735. The van der Waals surface area contributed by atoms with Gasteiger partial charge in [-0.1, -0.05) is 0 Å². The molecule has 0 unspecified atom stereocenters. The molecular weight excluding hydrogens is 344 g/mol. The molecule has 23 heavy (non-hydrogen) atoms. The molecule has 0 bridgehead atoms.